The first-order valence-corrected chi connectivity index (χ1v) is 16.5. The summed E-state index contributed by atoms with van der Waals surface area (Å²) in [5.41, 5.74) is -3.58. The predicted octanol–water partition coefficient (Wildman–Crippen LogP) is 3.31. The van der Waals surface area contributed by atoms with E-state index >= 15 is 0 Å². The second kappa shape index (κ2) is 11.5. The molecule has 0 aromatic carbocycles. The van der Waals surface area contributed by atoms with Crippen molar-refractivity contribution in [2.45, 2.75) is 70.5 Å². The summed E-state index contributed by atoms with van der Waals surface area (Å²) in [7, 11) is -1.40. The van der Waals surface area contributed by atoms with Gasteiger partial charge >= 0.3 is 12.3 Å². The molecular formula is C24H40F3N5O5Si. The van der Waals surface area contributed by atoms with E-state index in [4.69, 9.17) is 14.2 Å². The first-order valence-electron chi connectivity index (χ1n) is 12.8. The standard InChI is InChI=1S/C24H40F3N5O5Si/c1-22(2,3)37-21(34)30-7-9-31(10-8-30)23(15-36-16-23)14-28-19-13-18(24(25,26)27)20(33)32(29-19)17-35-11-12-38(4,5)6/h13H,7-12,14-17H2,1-6H3,(H,28,29). The number of hydrogen-bond donors (Lipinski definition) is 1. The van der Waals surface area contributed by atoms with Crippen LogP contribution in [0.1, 0.15) is 26.3 Å². The van der Waals surface area contributed by atoms with Gasteiger partial charge in [0.15, 0.2) is 0 Å². The number of aromatic nitrogens is 2. The molecule has 0 spiro atoms. The zero-order chi connectivity index (χ0) is 28.4. The molecule has 1 N–H and O–H groups in total. The van der Waals surface area contributed by atoms with Gasteiger partial charge in [0.05, 0.1) is 18.8 Å². The molecule has 0 saturated carbocycles. The summed E-state index contributed by atoms with van der Waals surface area (Å²) in [4.78, 5) is 28.7. The van der Waals surface area contributed by atoms with Crippen molar-refractivity contribution >= 4 is 20.0 Å². The number of nitrogens with zero attached hydrogens (tertiary/aromatic N) is 4. The molecule has 0 unspecified atom stereocenters. The van der Waals surface area contributed by atoms with E-state index in [0.717, 1.165) is 16.8 Å². The summed E-state index contributed by atoms with van der Waals surface area (Å²) in [5.74, 6) is -0.0654. The van der Waals surface area contributed by atoms with E-state index in [9.17, 15) is 22.8 Å². The third kappa shape index (κ3) is 8.17. The van der Waals surface area contributed by atoms with E-state index in [1.165, 1.54) is 0 Å². The van der Waals surface area contributed by atoms with E-state index in [2.05, 4.69) is 35.0 Å². The second-order valence-corrected chi connectivity index (χ2v) is 17.7. The van der Waals surface area contributed by atoms with Gasteiger partial charge in [-0.05, 0) is 26.8 Å². The minimum Gasteiger partial charge on any atom is -0.444 e. The molecule has 2 fully saturated rings. The zero-order valence-electron chi connectivity index (χ0n) is 23.1. The lowest BCUT2D eigenvalue weighted by Gasteiger charge is -2.52. The molecule has 3 rings (SSSR count). The lowest BCUT2D eigenvalue weighted by atomic mass is 9.93. The SMILES string of the molecule is CC(C)(C)OC(=O)N1CCN(C2(CNc3cc(C(F)(F)F)c(=O)n(COCC[Si](C)(C)C)n3)COC2)CC1. The summed E-state index contributed by atoms with van der Waals surface area (Å²) >= 11 is 0. The van der Waals surface area contributed by atoms with Gasteiger partial charge in [0.25, 0.3) is 5.56 Å². The average Bonchev–Trinajstić information content (AvgIpc) is 2.75. The Kier molecular flexibility index (Phi) is 9.21. The van der Waals surface area contributed by atoms with Crippen LogP contribution in [-0.4, -0.2) is 97.4 Å². The Morgan fingerprint density at radius 1 is 1.16 bits per heavy atom. The van der Waals surface area contributed by atoms with E-state index in [1.54, 1.807) is 4.90 Å². The van der Waals surface area contributed by atoms with Crippen LogP contribution in [0.5, 0.6) is 0 Å². The Bertz CT molecular complexity index is 1030. The van der Waals surface area contributed by atoms with Crippen molar-refractivity contribution in [1.29, 1.82) is 0 Å². The van der Waals surface area contributed by atoms with Crippen molar-refractivity contribution in [1.82, 2.24) is 19.6 Å². The molecule has 1 aromatic heterocycles. The monoisotopic (exact) mass is 563 g/mol. The van der Waals surface area contributed by atoms with Crippen molar-refractivity contribution < 1.29 is 32.2 Å². The fourth-order valence-electron chi connectivity index (χ4n) is 4.13. The van der Waals surface area contributed by atoms with Gasteiger partial charge in [-0.1, -0.05) is 19.6 Å². The maximum atomic E-state index is 13.6. The summed E-state index contributed by atoms with van der Waals surface area (Å²) in [6, 6.07) is 1.56. The molecule has 0 atom stereocenters. The average molecular weight is 564 g/mol. The van der Waals surface area contributed by atoms with Crippen LogP contribution in [0.15, 0.2) is 10.9 Å². The van der Waals surface area contributed by atoms with Gasteiger partial charge in [-0.2, -0.15) is 13.2 Å². The van der Waals surface area contributed by atoms with Crippen LogP contribution >= 0.6 is 0 Å². The molecule has 0 radical (unpaired) electrons. The third-order valence-corrected chi connectivity index (χ3v) is 8.14. The molecular weight excluding hydrogens is 523 g/mol. The van der Waals surface area contributed by atoms with Crippen LogP contribution < -0.4 is 10.9 Å². The number of piperazine rings is 1. The van der Waals surface area contributed by atoms with Crippen LogP contribution in [0, 0.1) is 0 Å². The van der Waals surface area contributed by atoms with Crippen LogP contribution in [0.3, 0.4) is 0 Å². The molecule has 0 bridgehead atoms. The Morgan fingerprint density at radius 3 is 2.29 bits per heavy atom. The highest BCUT2D eigenvalue weighted by atomic mass is 28.3. The number of carbonyl (C=O) groups is 1. The number of nitrogens with one attached hydrogen (secondary N) is 1. The highest BCUT2D eigenvalue weighted by molar-refractivity contribution is 6.76. The first kappa shape index (κ1) is 30.4. The minimum absolute atomic E-state index is 0.0654. The van der Waals surface area contributed by atoms with Gasteiger partial charge in [0.1, 0.15) is 23.7 Å². The Morgan fingerprint density at radius 2 is 1.79 bits per heavy atom. The maximum absolute atomic E-state index is 13.6. The van der Waals surface area contributed by atoms with Crippen molar-refractivity contribution in [2.24, 2.45) is 0 Å². The lowest BCUT2D eigenvalue weighted by molar-refractivity contribution is -0.142. The fraction of sp³-hybridized carbons (Fsp3) is 0.792. The molecule has 2 saturated heterocycles. The van der Waals surface area contributed by atoms with Crippen LogP contribution in [0.25, 0.3) is 0 Å². The smallest absolute Gasteiger partial charge is 0.421 e. The lowest BCUT2D eigenvalue weighted by Crippen LogP contribution is -2.69. The molecule has 216 valence electrons. The summed E-state index contributed by atoms with van der Waals surface area (Å²) in [5, 5.41) is 7.11. The Hall–Kier alpha value is -2.16. The highest BCUT2D eigenvalue weighted by Crippen LogP contribution is 2.30. The van der Waals surface area contributed by atoms with Crippen molar-refractivity contribution in [3.63, 3.8) is 0 Å². The maximum Gasteiger partial charge on any atom is 0.421 e. The largest absolute Gasteiger partial charge is 0.444 e. The molecule has 10 nitrogen and oxygen atoms in total. The van der Waals surface area contributed by atoms with Gasteiger partial charge in [0, 0.05) is 53.5 Å². The molecule has 0 aliphatic carbocycles. The predicted molar refractivity (Wildman–Crippen MR) is 139 cm³/mol. The van der Waals surface area contributed by atoms with Crippen molar-refractivity contribution in [3.05, 3.63) is 22.0 Å². The Balaban J connectivity index is 1.67. The van der Waals surface area contributed by atoms with Crippen LogP contribution in [0.2, 0.25) is 25.7 Å². The van der Waals surface area contributed by atoms with Crippen LogP contribution in [0.4, 0.5) is 23.8 Å². The van der Waals surface area contributed by atoms with Crippen LogP contribution in [-0.2, 0) is 27.1 Å². The van der Waals surface area contributed by atoms with Gasteiger partial charge in [-0.15, -0.1) is 5.10 Å². The van der Waals surface area contributed by atoms with Gasteiger partial charge in [-0.25, -0.2) is 9.48 Å². The molecule has 1 aromatic rings. The zero-order valence-corrected chi connectivity index (χ0v) is 24.1. The fourth-order valence-corrected chi connectivity index (χ4v) is 4.88. The summed E-state index contributed by atoms with van der Waals surface area (Å²) in [6.45, 7) is 15.0. The number of carbonyl (C=O) groups excluding carboxylic acids is 1. The second-order valence-electron chi connectivity index (χ2n) is 12.1. The topological polar surface area (TPSA) is 98.2 Å². The van der Waals surface area contributed by atoms with E-state index < -0.39 is 36.5 Å². The van der Waals surface area contributed by atoms with Gasteiger partial charge in [0.2, 0.25) is 0 Å². The quantitative estimate of drug-likeness (QED) is 0.361. The number of anilines is 1. The first-order chi connectivity index (χ1) is 17.5. The van der Waals surface area contributed by atoms with Gasteiger partial charge in [-0.3, -0.25) is 9.69 Å². The number of amides is 1. The van der Waals surface area contributed by atoms with Crippen molar-refractivity contribution in [3.8, 4) is 0 Å². The number of hydrogen-bond acceptors (Lipinski definition) is 8. The number of halogens is 3. The van der Waals surface area contributed by atoms with E-state index in [-0.39, 0.29) is 25.2 Å². The molecule has 2 aliphatic rings. The molecule has 3 heterocycles. The van der Waals surface area contributed by atoms with E-state index in [0.29, 0.717) is 46.0 Å². The third-order valence-electron chi connectivity index (χ3n) is 6.43. The van der Waals surface area contributed by atoms with E-state index in [1.807, 2.05) is 20.8 Å². The number of alkyl halides is 3. The highest BCUT2D eigenvalue weighted by Gasteiger charge is 2.46. The summed E-state index contributed by atoms with van der Waals surface area (Å²) in [6.07, 6.45) is -5.20. The van der Waals surface area contributed by atoms with Crippen molar-refractivity contribution in [2.75, 3.05) is 57.9 Å². The normalized spacial score (nSPS) is 18.7. The molecule has 38 heavy (non-hydrogen) atoms. The molecule has 2 aliphatic heterocycles. The van der Waals surface area contributed by atoms with Gasteiger partial charge < -0.3 is 24.4 Å². The minimum atomic E-state index is -4.83. The summed E-state index contributed by atoms with van der Waals surface area (Å²) < 4.78 is 58.0. The molecule has 1 amide bonds. The number of ether oxygens (including phenoxy) is 3. The molecule has 14 heteroatoms. The Labute approximate surface area is 222 Å². The number of rotatable bonds is 9.